The quantitative estimate of drug-likeness (QED) is 0.763. The largest absolute Gasteiger partial charge is 0.445 e. The van der Waals surface area contributed by atoms with E-state index in [0.29, 0.717) is 24.9 Å². The van der Waals surface area contributed by atoms with E-state index in [1.54, 1.807) is 0 Å². The average molecular weight is 363 g/mol. The Kier molecular flexibility index (Phi) is 5.81. The highest BCUT2D eigenvalue weighted by atomic mass is 19.2. The summed E-state index contributed by atoms with van der Waals surface area (Å²) in [7, 11) is 0. The van der Waals surface area contributed by atoms with Gasteiger partial charge in [0.15, 0.2) is 11.6 Å². The zero-order valence-electron chi connectivity index (χ0n) is 14.2. The van der Waals surface area contributed by atoms with Crippen LogP contribution in [0, 0.1) is 17.6 Å². The number of rotatable bonds is 4. The minimum absolute atomic E-state index is 0.118. The third kappa shape index (κ3) is 4.18. The summed E-state index contributed by atoms with van der Waals surface area (Å²) in [6.07, 6.45) is 0.319. The van der Waals surface area contributed by atoms with Crippen molar-refractivity contribution in [3.63, 3.8) is 0 Å². The topological polar surface area (TPSA) is 29.5 Å². The molecule has 6 heteroatoms. The number of hydrogen-bond acceptors (Lipinski definition) is 2. The van der Waals surface area contributed by atoms with Crippen molar-refractivity contribution in [3.05, 3.63) is 71.3 Å². The van der Waals surface area contributed by atoms with Crippen LogP contribution in [-0.4, -0.2) is 24.2 Å². The second-order valence-corrected chi connectivity index (χ2v) is 6.47. The number of amides is 1. The van der Waals surface area contributed by atoms with E-state index in [-0.39, 0.29) is 12.5 Å². The van der Waals surface area contributed by atoms with E-state index in [2.05, 4.69) is 0 Å². The SMILES string of the molecule is O=C(OCc1ccccc1)N1CC[C@H](CF)C[C@@H]1c1ccc(F)c(F)c1. The Labute approximate surface area is 150 Å². The Hall–Kier alpha value is -2.50. The number of carbonyl (C=O) groups is 1. The first-order valence-electron chi connectivity index (χ1n) is 8.56. The number of nitrogens with zero attached hydrogens (tertiary/aromatic N) is 1. The molecule has 26 heavy (non-hydrogen) atoms. The van der Waals surface area contributed by atoms with Crippen molar-refractivity contribution in [1.82, 2.24) is 4.90 Å². The Morgan fingerprint density at radius 2 is 1.88 bits per heavy atom. The van der Waals surface area contributed by atoms with Crippen LogP contribution in [0.3, 0.4) is 0 Å². The molecular formula is C20H20F3NO2. The molecule has 0 aliphatic carbocycles. The molecule has 1 aliphatic heterocycles. The van der Waals surface area contributed by atoms with Crippen molar-refractivity contribution < 1.29 is 22.7 Å². The summed E-state index contributed by atoms with van der Waals surface area (Å²) >= 11 is 0. The molecule has 0 saturated carbocycles. The molecule has 1 aliphatic rings. The Balaban J connectivity index is 1.76. The maximum absolute atomic E-state index is 13.6. The van der Waals surface area contributed by atoms with E-state index in [4.69, 9.17) is 4.74 Å². The minimum Gasteiger partial charge on any atom is -0.445 e. The number of halogens is 3. The monoisotopic (exact) mass is 363 g/mol. The van der Waals surface area contributed by atoms with Gasteiger partial charge in [-0.25, -0.2) is 13.6 Å². The third-order valence-electron chi connectivity index (χ3n) is 4.70. The molecule has 1 amide bonds. The highest BCUT2D eigenvalue weighted by Gasteiger charge is 2.34. The van der Waals surface area contributed by atoms with Crippen LogP contribution >= 0.6 is 0 Å². The molecule has 1 saturated heterocycles. The Morgan fingerprint density at radius 3 is 2.58 bits per heavy atom. The molecule has 1 heterocycles. The predicted molar refractivity (Wildman–Crippen MR) is 91.1 cm³/mol. The summed E-state index contributed by atoms with van der Waals surface area (Å²) in [5, 5.41) is 0. The molecule has 0 radical (unpaired) electrons. The highest BCUT2D eigenvalue weighted by Crippen LogP contribution is 2.35. The molecule has 0 unspecified atom stereocenters. The van der Waals surface area contributed by atoms with Gasteiger partial charge in [0.1, 0.15) is 6.61 Å². The van der Waals surface area contributed by atoms with Crippen molar-refractivity contribution in [2.45, 2.75) is 25.5 Å². The summed E-state index contributed by atoms with van der Waals surface area (Å²) < 4.78 is 45.4. The Morgan fingerprint density at radius 1 is 1.12 bits per heavy atom. The molecule has 2 aromatic rings. The second-order valence-electron chi connectivity index (χ2n) is 6.47. The van der Waals surface area contributed by atoms with E-state index in [1.807, 2.05) is 30.3 Å². The lowest BCUT2D eigenvalue weighted by molar-refractivity contribution is 0.0529. The zero-order valence-corrected chi connectivity index (χ0v) is 14.2. The smallest absolute Gasteiger partial charge is 0.410 e. The van der Waals surface area contributed by atoms with Crippen molar-refractivity contribution in [2.75, 3.05) is 13.2 Å². The summed E-state index contributed by atoms with van der Waals surface area (Å²) in [6.45, 7) is -0.0772. The molecule has 138 valence electrons. The molecule has 3 nitrogen and oxygen atoms in total. The first kappa shape index (κ1) is 18.3. The van der Waals surface area contributed by atoms with Crippen LogP contribution in [0.2, 0.25) is 0 Å². The maximum Gasteiger partial charge on any atom is 0.410 e. The molecular weight excluding hydrogens is 343 g/mol. The molecule has 2 aromatic carbocycles. The van der Waals surface area contributed by atoms with Gasteiger partial charge in [-0.1, -0.05) is 36.4 Å². The first-order chi connectivity index (χ1) is 12.6. The van der Waals surface area contributed by atoms with Crippen LogP contribution in [0.4, 0.5) is 18.0 Å². The number of likely N-dealkylation sites (tertiary alicyclic amines) is 1. The van der Waals surface area contributed by atoms with Gasteiger partial charge >= 0.3 is 6.09 Å². The molecule has 0 spiro atoms. The zero-order chi connectivity index (χ0) is 18.5. The first-order valence-corrected chi connectivity index (χ1v) is 8.56. The van der Waals surface area contributed by atoms with Crippen LogP contribution in [0.5, 0.6) is 0 Å². The van der Waals surface area contributed by atoms with Crippen LogP contribution in [0.15, 0.2) is 48.5 Å². The molecule has 0 aromatic heterocycles. The van der Waals surface area contributed by atoms with E-state index in [1.165, 1.54) is 11.0 Å². The molecule has 2 atom stereocenters. The van der Waals surface area contributed by atoms with E-state index >= 15 is 0 Å². The molecule has 1 fully saturated rings. The van der Waals surface area contributed by atoms with Gasteiger partial charge in [-0.05, 0) is 42.0 Å². The molecule has 0 N–H and O–H groups in total. The van der Waals surface area contributed by atoms with E-state index in [9.17, 15) is 18.0 Å². The van der Waals surface area contributed by atoms with Crippen molar-refractivity contribution >= 4 is 6.09 Å². The number of carbonyl (C=O) groups excluding carboxylic acids is 1. The van der Waals surface area contributed by atoms with Crippen molar-refractivity contribution in [1.29, 1.82) is 0 Å². The fourth-order valence-electron chi connectivity index (χ4n) is 3.23. The van der Waals surface area contributed by atoms with Gasteiger partial charge in [-0.15, -0.1) is 0 Å². The van der Waals surface area contributed by atoms with Crippen LogP contribution in [0.25, 0.3) is 0 Å². The fraction of sp³-hybridized carbons (Fsp3) is 0.350. The van der Waals surface area contributed by atoms with Gasteiger partial charge in [0.25, 0.3) is 0 Å². The standard InChI is InChI=1S/C20H20F3NO2/c21-12-15-8-9-24(20(25)26-13-14-4-2-1-3-5-14)19(10-15)16-6-7-17(22)18(23)11-16/h1-7,11,15,19H,8-10,12-13H2/t15-,19+/m0/s1. The van der Waals surface area contributed by atoms with Gasteiger partial charge in [0, 0.05) is 6.54 Å². The van der Waals surface area contributed by atoms with Gasteiger partial charge in [0.05, 0.1) is 12.7 Å². The molecule has 3 rings (SSSR count). The lowest BCUT2D eigenvalue weighted by Gasteiger charge is -2.38. The predicted octanol–water partition coefficient (Wildman–Crippen LogP) is 5.02. The lowest BCUT2D eigenvalue weighted by atomic mass is 9.88. The number of ether oxygens (including phenoxy) is 1. The van der Waals surface area contributed by atoms with Crippen LogP contribution < -0.4 is 0 Å². The summed E-state index contributed by atoms with van der Waals surface area (Å²) in [5.74, 6) is -2.15. The maximum atomic E-state index is 13.6. The highest BCUT2D eigenvalue weighted by molar-refractivity contribution is 5.68. The number of benzene rings is 2. The second kappa shape index (κ2) is 8.25. The fourth-order valence-corrected chi connectivity index (χ4v) is 3.23. The summed E-state index contributed by atoms with van der Waals surface area (Å²) in [5.41, 5.74) is 1.29. The number of piperidine rings is 1. The summed E-state index contributed by atoms with van der Waals surface area (Å²) in [4.78, 5) is 14.0. The number of alkyl halides is 1. The summed E-state index contributed by atoms with van der Waals surface area (Å²) in [6, 6.07) is 12.2. The lowest BCUT2D eigenvalue weighted by Crippen LogP contribution is -2.41. The van der Waals surface area contributed by atoms with E-state index < -0.39 is 30.4 Å². The Bertz CT molecular complexity index is 754. The molecule has 0 bridgehead atoms. The van der Waals surface area contributed by atoms with Crippen LogP contribution in [0.1, 0.15) is 30.0 Å². The van der Waals surface area contributed by atoms with Gasteiger partial charge in [-0.2, -0.15) is 0 Å². The minimum atomic E-state index is -0.984. The average Bonchev–Trinajstić information content (AvgIpc) is 2.68. The number of hydrogen-bond donors (Lipinski definition) is 0. The van der Waals surface area contributed by atoms with Crippen molar-refractivity contribution in [3.8, 4) is 0 Å². The van der Waals surface area contributed by atoms with Crippen LogP contribution in [-0.2, 0) is 11.3 Å². The van der Waals surface area contributed by atoms with Gasteiger partial charge < -0.3 is 9.64 Å². The van der Waals surface area contributed by atoms with Gasteiger partial charge in [-0.3, -0.25) is 4.39 Å². The van der Waals surface area contributed by atoms with E-state index in [0.717, 1.165) is 17.7 Å². The third-order valence-corrected chi connectivity index (χ3v) is 4.70. The van der Waals surface area contributed by atoms with Gasteiger partial charge in [0.2, 0.25) is 0 Å². The van der Waals surface area contributed by atoms with Crippen molar-refractivity contribution in [2.24, 2.45) is 5.92 Å². The normalized spacial score (nSPS) is 20.0.